The number of benzene rings is 7. The van der Waals surface area contributed by atoms with Crippen LogP contribution in [0.3, 0.4) is 0 Å². The normalized spacial score (nSPS) is 13.9. The molecular weight excluding hydrogens is 635 g/mol. The number of fused-ring (bicyclic) bond motifs is 13. The molecule has 0 amide bonds. The van der Waals surface area contributed by atoms with Gasteiger partial charge in [-0.1, -0.05) is 72.8 Å². The lowest BCUT2D eigenvalue weighted by Gasteiger charge is -2.31. The number of hydrogen-bond donors (Lipinski definition) is 0. The Morgan fingerprint density at radius 3 is 1.79 bits per heavy atom. The van der Waals surface area contributed by atoms with Crippen LogP contribution in [0.2, 0.25) is 0 Å². The first kappa shape index (κ1) is 25.3. The van der Waals surface area contributed by atoms with Crippen LogP contribution in [-0.2, 0) is 0 Å². The number of furan rings is 1. The second-order valence-electron chi connectivity index (χ2n) is 15.3. The van der Waals surface area contributed by atoms with Crippen molar-refractivity contribution in [2.24, 2.45) is 0 Å². The lowest BCUT2D eigenvalue weighted by Crippen LogP contribution is -2.58. The van der Waals surface area contributed by atoms with Crippen LogP contribution in [0.25, 0.3) is 121 Å². The molecule has 0 atom stereocenters. The fourth-order valence-corrected chi connectivity index (χ4v) is 11.1. The summed E-state index contributed by atoms with van der Waals surface area (Å²) in [6, 6.07) is 38.2. The minimum atomic E-state index is -0.0141. The number of rotatable bonds is 0. The molecule has 5 nitrogen and oxygen atoms in total. The maximum atomic E-state index is 6.89. The Labute approximate surface area is 294 Å². The first-order valence-electron chi connectivity index (χ1n) is 18.1. The first-order chi connectivity index (χ1) is 25.7. The van der Waals surface area contributed by atoms with Crippen LogP contribution < -0.4 is 16.4 Å². The molecule has 0 N–H and O–H groups in total. The average molecular weight is 659 g/mol. The standard InChI is InChI=1S/C46H23BN4O/c1-20-7-5-10-23-29-19-30-24-11-6-8-21(2)35(24)46-49-32-18-16-28-36-25(13-14-27-22-9-3-4-12-33(22)52-44(27)36)26-15-17-31-42-37(26)47-38(28)43(32)51(46)41(30)39(47)40(29)50(42)45(48-31)34(20)23/h3-19H,1-2H3. The Bertz CT molecular complexity index is 3840. The fourth-order valence-electron chi connectivity index (χ4n) is 11.1. The van der Waals surface area contributed by atoms with Crippen molar-refractivity contribution in [3.63, 3.8) is 0 Å². The van der Waals surface area contributed by atoms with Gasteiger partial charge >= 0.3 is 0 Å². The Morgan fingerprint density at radius 1 is 0.500 bits per heavy atom. The molecule has 0 radical (unpaired) electrons. The van der Waals surface area contributed by atoms with E-state index in [1.807, 2.05) is 0 Å². The third-order valence-electron chi connectivity index (χ3n) is 13.0. The summed E-state index contributed by atoms with van der Waals surface area (Å²) in [5.74, 6) is 0. The number of pyridine rings is 2. The largest absolute Gasteiger partial charge is 0.455 e. The zero-order valence-corrected chi connectivity index (χ0v) is 28.1. The topological polar surface area (TPSA) is 47.7 Å². The SMILES string of the molecule is Cc1cccc2c3cc4c5cccc(C)c5c5nc6ccc7c8c6n5c4c4c3n3c(nc5ccc(c(c53)B84)-c3ccc4c(oc5ccccc54)c3-7)c12. The maximum Gasteiger partial charge on any atom is 0.254 e. The Morgan fingerprint density at radius 2 is 1.10 bits per heavy atom. The van der Waals surface area contributed by atoms with Gasteiger partial charge in [-0.05, 0) is 99.2 Å². The molecule has 0 spiro atoms. The van der Waals surface area contributed by atoms with E-state index in [1.165, 1.54) is 104 Å². The highest BCUT2D eigenvalue weighted by molar-refractivity contribution is 7.03. The van der Waals surface area contributed by atoms with Crippen LogP contribution in [0, 0.1) is 13.8 Å². The molecular formula is C46H23BN4O. The van der Waals surface area contributed by atoms with E-state index in [4.69, 9.17) is 14.4 Å². The molecule has 6 heteroatoms. The minimum Gasteiger partial charge on any atom is -0.455 e. The molecule has 7 aromatic carbocycles. The maximum absolute atomic E-state index is 6.89. The van der Waals surface area contributed by atoms with E-state index in [1.54, 1.807) is 0 Å². The molecule has 0 saturated carbocycles. The first-order valence-corrected chi connectivity index (χ1v) is 18.1. The summed E-state index contributed by atoms with van der Waals surface area (Å²) in [5.41, 5.74) is 22.4. The molecule has 3 aliphatic heterocycles. The smallest absolute Gasteiger partial charge is 0.254 e. The fraction of sp³-hybridized carbons (Fsp3) is 0.0435. The number of imidazole rings is 2. The molecule has 0 aliphatic carbocycles. The summed E-state index contributed by atoms with van der Waals surface area (Å²) >= 11 is 0. The molecule has 5 aromatic heterocycles. The third kappa shape index (κ3) is 2.42. The predicted octanol–water partition coefficient (Wildman–Crippen LogP) is 9.21. The highest BCUT2D eigenvalue weighted by atomic mass is 16.3. The quantitative estimate of drug-likeness (QED) is 0.0928. The van der Waals surface area contributed by atoms with Crippen LogP contribution in [0.4, 0.5) is 0 Å². The molecule has 0 saturated heterocycles. The monoisotopic (exact) mass is 658 g/mol. The lowest BCUT2D eigenvalue weighted by molar-refractivity contribution is 0.670. The van der Waals surface area contributed by atoms with Crippen molar-refractivity contribution in [2.45, 2.75) is 13.8 Å². The molecule has 3 aliphatic rings. The number of para-hydroxylation sites is 1. The third-order valence-corrected chi connectivity index (χ3v) is 13.0. The van der Waals surface area contributed by atoms with E-state index < -0.39 is 0 Å². The number of aromatic nitrogens is 4. The van der Waals surface area contributed by atoms with Crippen molar-refractivity contribution in [1.29, 1.82) is 0 Å². The van der Waals surface area contributed by atoms with E-state index in [-0.39, 0.29) is 6.71 Å². The lowest BCUT2D eigenvalue weighted by atomic mass is 9.33. The van der Waals surface area contributed by atoms with Crippen LogP contribution in [-0.4, -0.2) is 25.5 Å². The molecule has 8 heterocycles. The summed E-state index contributed by atoms with van der Waals surface area (Å²) in [7, 11) is 0. The zero-order chi connectivity index (χ0) is 33.5. The van der Waals surface area contributed by atoms with Crippen molar-refractivity contribution in [3.05, 3.63) is 114 Å². The van der Waals surface area contributed by atoms with Crippen molar-refractivity contribution in [1.82, 2.24) is 18.8 Å². The summed E-state index contributed by atoms with van der Waals surface area (Å²) in [5, 5.41) is 9.83. The van der Waals surface area contributed by atoms with E-state index in [0.717, 1.165) is 44.3 Å². The number of nitrogens with zero attached hydrogens (tertiary/aromatic N) is 4. The molecule has 0 unspecified atom stereocenters. The molecule has 0 bridgehead atoms. The van der Waals surface area contributed by atoms with Gasteiger partial charge in [-0.15, -0.1) is 0 Å². The predicted molar refractivity (Wildman–Crippen MR) is 215 cm³/mol. The van der Waals surface area contributed by atoms with Crippen LogP contribution in [0.5, 0.6) is 0 Å². The second-order valence-corrected chi connectivity index (χ2v) is 15.3. The highest BCUT2D eigenvalue weighted by Crippen LogP contribution is 2.48. The van der Waals surface area contributed by atoms with Crippen molar-refractivity contribution in [2.75, 3.05) is 0 Å². The van der Waals surface area contributed by atoms with Gasteiger partial charge in [-0.2, -0.15) is 0 Å². The van der Waals surface area contributed by atoms with E-state index in [2.05, 4.69) is 126 Å². The van der Waals surface area contributed by atoms with Gasteiger partial charge < -0.3 is 4.42 Å². The summed E-state index contributed by atoms with van der Waals surface area (Å²) < 4.78 is 11.9. The molecule has 52 heavy (non-hydrogen) atoms. The second kappa shape index (κ2) is 7.80. The van der Waals surface area contributed by atoms with Gasteiger partial charge in [-0.25, -0.2) is 9.97 Å². The number of aryl methyl sites for hydroxylation is 2. The van der Waals surface area contributed by atoms with Crippen LogP contribution >= 0.6 is 0 Å². The Kier molecular flexibility index (Phi) is 3.80. The van der Waals surface area contributed by atoms with E-state index in [0.29, 0.717) is 0 Å². The summed E-state index contributed by atoms with van der Waals surface area (Å²) in [6.07, 6.45) is 0. The molecule has 15 rings (SSSR count). The van der Waals surface area contributed by atoms with Crippen molar-refractivity contribution < 1.29 is 4.42 Å². The van der Waals surface area contributed by atoms with Gasteiger partial charge in [0.25, 0.3) is 6.71 Å². The van der Waals surface area contributed by atoms with E-state index in [9.17, 15) is 0 Å². The molecule has 0 fully saturated rings. The zero-order valence-electron chi connectivity index (χ0n) is 28.1. The van der Waals surface area contributed by atoms with Crippen molar-refractivity contribution >= 4 is 122 Å². The Hall–Kier alpha value is -6.66. The van der Waals surface area contributed by atoms with Gasteiger partial charge in [0.15, 0.2) is 0 Å². The molecule has 12 aromatic rings. The Balaban J connectivity index is 1.34. The summed E-state index contributed by atoms with van der Waals surface area (Å²) in [6.45, 7) is 4.45. The van der Waals surface area contributed by atoms with Gasteiger partial charge in [0, 0.05) is 37.9 Å². The minimum absolute atomic E-state index is 0.0141. The van der Waals surface area contributed by atoms with Gasteiger partial charge in [-0.3, -0.25) is 8.80 Å². The average Bonchev–Trinajstić information content (AvgIpc) is 3.85. The molecule has 236 valence electrons. The highest BCUT2D eigenvalue weighted by Gasteiger charge is 2.45. The number of hydrogen-bond acceptors (Lipinski definition) is 3. The van der Waals surface area contributed by atoms with Gasteiger partial charge in [0.2, 0.25) is 0 Å². The van der Waals surface area contributed by atoms with Crippen molar-refractivity contribution in [3.8, 4) is 22.3 Å². The van der Waals surface area contributed by atoms with Crippen LogP contribution in [0.15, 0.2) is 108 Å². The van der Waals surface area contributed by atoms with Gasteiger partial charge in [0.1, 0.15) is 22.5 Å². The summed E-state index contributed by atoms with van der Waals surface area (Å²) in [4.78, 5) is 11.0. The van der Waals surface area contributed by atoms with E-state index >= 15 is 0 Å². The van der Waals surface area contributed by atoms with Crippen LogP contribution in [0.1, 0.15) is 11.1 Å². The van der Waals surface area contributed by atoms with Gasteiger partial charge in [0.05, 0.1) is 33.1 Å².